The third-order valence-corrected chi connectivity index (χ3v) is 4.35. The number of hydrogen-bond donors (Lipinski definition) is 2. The highest BCUT2D eigenvalue weighted by Gasteiger charge is 2.24. The zero-order chi connectivity index (χ0) is 15.5. The van der Waals surface area contributed by atoms with E-state index in [0.717, 1.165) is 12.8 Å². The summed E-state index contributed by atoms with van der Waals surface area (Å²) in [7, 11) is -3.77. The Morgan fingerprint density at radius 1 is 1.48 bits per heavy atom. The summed E-state index contributed by atoms with van der Waals surface area (Å²) in [5.74, 6) is 0.560. The van der Waals surface area contributed by atoms with Crippen LogP contribution in [0.3, 0.4) is 0 Å². The molecule has 1 aliphatic rings. The van der Waals surface area contributed by atoms with Crippen molar-refractivity contribution >= 4 is 15.9 Å². The quantitative estimate of drug-likeness (QED) is 0.860. The third kappa shape index (κ3) is 3.95. The normalized spacial score (nSPS) is 17.7. The molecule has 1 amide bonds. The highest BCUT2D eigenvalue weighted by molar-refractivity contribution is 7.89. The van der Waals surface area contributed by atoms with Gasteiger partial charge in [0.1, 0.15) is 5.75 Å². The van der Waals surface area contributed by atoms with Crippen LogP contribution < -0.4 is 15.2 Å². The fourth-order valence-corrected chi connectivity index (χ4v) is 2.85. The largest absolute Gasteiger partial charge is 0.493 e. The van der Waals surface area contributed by atoms with Gasteiger partial charge in [0.05, 0.1) is 17.5 Å². The number of benzene rings is 1. The van der Waals surface area contributed by atoms with Gasteiger partial charge in [-0.3, -0.25) is 4.79 Å². The average molecular weight is 312 g/mol. The fraction of sp³-hybridized carbons (Fsp3) is 0.500. The van der Waals surface area contributed by atoms with E-state index in [1.807, 2.05) is 6.92 Å². The Labute approximate surface area is 124 Å². The second kappa shape index (κ2) is 6.44. The van der Waals surface area contributed by atoms with E-state index in [0.29, 0.717) is 30.8 Å². The summed E-state index contributed by atoms with van der Waals surface area (Å²) in [6.07, 6.45) is 2.86. The van der Waals surface area contributed by atoms with Gasteiger partial charge in [-0.1, -0.05) is 13.3 Å². The molecule has 1 heterocycles. The van der Waals surface area contributed by atoms with Crippen molar-refractivity contribution in [1.82, 2.24) is 5.32 Å². The molecular formula is C14H20N2O4S. The van der Waals surface area contributed by atoms with Crippen molar-refractivity contribution in [2.24, 2.45) is 5.14 Å². The second-order valence-electron chi connectivity index (χ2n) is 5.11. The molecule has 1 atom stereocenters. The lowest BCUT2D eigenvalue weighted by Gasteiger charge is -2.27. The monoisotopic (exact) mass is 312 g/mol. The first-order chi connectivity index (χ1) is 9.91. The van der Waals surface area contributed by atoms with E-state index >= 15 is 0 Å². The van der Waals surface area contributed by atoms with E-state index in [1.54, 1.807) is 6.07 Å². The van der Waals surface area contributed by atoms with Gasteiger partial charge in [-0.25, -0.2) is 13.6 Å². The number of carbonyl (C=O) groups excluding carboxylic acids is 1. The Morgan fingerprint density at radius 3 is 2.90 bits per heavy atom. The standard InChI is InChI=1S/C14H20N2O4S/c1-2-3-4-14(17)16-12-7-8-20-13-6-5-10(9-11(12)13)21(15,18)19/h5-6,9,12H,2-4,7-8H2,1H3,(H,16,17)(H2,15,18,19). The van der Waals surface area contributed by atoms with Gasteiger partial charge in [-0.15, -0.1) is 0 Å². The van der Waals surface area contributed by atoms with Crippen molar-refractivity contribution in [3.05, 3.63) is 23.8 Å². The lowest BCUT2D eigenvalue weighted by Crippen LogP contribution is -2.32. The molecule has 7 heteroatoms. The number of hydrogen-bond acceptors (Lipinski definition) is 4. The molecule has 0 spiro atoms. The van der Waals surface area contributed by atoms with Crippen LogP contribution in [0.1, 0.15) is 44.2 Å². The molecule has 6 nitrogen and oxygen atoms in total. The molecular weight excluding hydrogens is 292 g/mol. The summed E-state index contributed by atoms with van der Waals surface area (Å²) in [6, 6.07) is 4.24. The Bertz CT molecular complexity index is 628. The van der Waals surface area contributed by atoms with Gasteiger partial charge in [0, 0.05) is 18.4 Å². The number of unbranched alkanes of at least 4 members (excludes halogenated alkanes) is 1. The highest BCUT2D eigenvalue weighted by atomic mass is 32.2. The zero-order valence-electron chi connectivity index (χ0n) is 12.0. The number of rotatable bonds is 5. The molecule has 21 heavy (non-hydrogen) atoms. The Morgan fingerprint density at radius 2 is 2.24 bits per heavy atom. The van der Waals surface area contributed by atoms with E-state index < -0.39 is 10.0 Å². The summed E-state index contributed by atoms with van der Waals surface area (Å²) < 4.78 is 28.4. The first kappa shape index (κ1) is 15.8. The first-order valence-corrected chi connectivity index (χ1v) is 8.55. The predicted octanol–water partition coefficient (Wildman–Crippen LogP) is 1.46. The Hall–Kier alpha value is -1.60. The summed E-state index contributed by atoms with van der Waals surface area (Å²) in [5.41, 5.74) is 0.664. The number of carbonyl (C=O) groups is 1. The number of amides is 1. The van der Waals surface area contributed by atoms with Crippen LogP contribution in [0.2, 0.25) is 0 Å². The van der Waals surface area contributed by atoms with Gasteiger partial charge < -0.3 is 10.1 Å². The molecule has 3 N–H and O–H groups in total. The van der Waals surface area contributed by atoms with E-state index in [2.05, 4.69) is 5.32 Å². The van der Waals surface area contributed by atoms with Gasteiger partial charge in [0.25, 0.3) is 0 Å². The zero-order valence-corrected chi connectivity index (χ0v) is 12.8. The topological polar surface area (TPSA) is 98.5 Å². The molecule has 0 radical (unpaired) electrons. The van der Waals surface area contributed by atoms with Gasteiger partial charge in [-0.2, -0.15) is 0 Å². The van der Waals surface area contributed by atoms with Gasteiger partial charge in [0.15, 0.2) is 0 Å². The number of fused-ring (bicyclic) bond motifs is 1. The predicted molar refractivity (Wildman–Crippen MR) is 78.3 cm³/mol. The van der Waals surface area contributed by atoms with Crippen molar-refractivity contribution < 1.29 is 17.9 Å². The van der Waals surface area contributed by atoms with Crippen LogP contribution >= 0.6 is 0 Å². The minimum atomic E-state index is -3.77. The van der Waals surface area contributed by atoms with Crippen molar-refractivity contribution in [2.75, 3.05) is 6.61 Å². The molecule has 0 saturated heterocycles. The van der Waals surface area contributed by atoms with Crippen LogP contribution in [-0.4, -0.2) is 20.9 Å². The van der Waals surface area contributed by atoms with Gasteiger partial charge >= 0.3 is 0 Å². The van der Waals surface area contributed by atoms with E-state index in [-0.39, 0.29) is 16.8 Å². The molecule has 1 aromatic carbocycles. The highest BCUT2D eigenvalue weighted by Crippen LogP contribution is 2.33. The van der Waals surface area contributed by atoms with Crippen molar-refractivity contribution in [3.8, 4) is 5.75 Å². The number of nitrogens with one attached hydrogen (secondary N) is 1. The Kier molecular flexibility index (Phi) is 4.84. The summed E-state index contributed by atoms with van der Waals surface area (Å²) in [4.78, 5) is 11.9. The summed E-state index contributed by atoms with van der Waals surface area (Å²) >= 11 is 0. The van der Waals surface area contributed by atoms with Gasteiger partial charge in [-0.05, 0) is 24.6 Å². The third-order valence-electron chi connectivity index (χ3n) is 3.44. The molecule has 1 aliphatic heterocycles. The molecule has 116 valence electrons. The van der Waals surface area contributed by atoms with Gasteiger partial charge in [0.2, 0.25) is 15.9 Å². The lowest BCUT2D eigenvalue weighted by atomic mass is 10.0. The number of nitrogens with two attached hydrogens (primary N) is 1. The minimum absolute atomic E-state index is 0.0274. The fourth-order valence-electron chi connectivity index (χ4n) is 2.30. The van der Waals surface area contributed by atoms with Crippen LogP contribution in [0.5, 0.6) is 5.75 Å². The van der Waals surface area contributed by atoms with E-state index in [9.17, 15) is 13.2 Å². The maximum absolute atomic E-state index is 11.9. The number of sulfonamides is 1. The number of ether oxygens (including phenoxy) is 1. The van der Waals surface area contributed by atoms with E-state index in [4.69, 9.17) is 9.88 Å². The minimum Gasteiger partial charge on any atom is -0.493 e. The van der Waals surface area contributed by atoms with Crippen LogP contribution in [0, 0.1) is 0 Å². The Balaban J connectivity index is 2.23. The average Bonchev–Trinajstić information content (AvgIpc) is 2.44. The second-order valence-corrected chi connectivity index (χ2v) is 6.67. The number of primary sulfonamides is 1. The molecule has 0 fully saturated rings. The molecule has 0 aliphatic carbocycles. The molecule has 0 aromatic heterocycles. The smallest absolute Gasteiger partial charge is 0.238 e. The maximum atomic E-state index is 11.9. The molecule has 2 rings (SSSR count). The molecule has 0 bridgehead atoms. The maximum Gasteiger partial charge on any atom is 0.238 e. The molecule has 0 saturated carbocycles. The van der Waals surface area contributed by atoms with Crippen LogP contribution in [0.4, 0.5) is 0 Å². The SMILES string of the molecule is CCCCC(=O)NC1CCOc2ccc(S(N)(=O)=O)cc21. The molecule has 1 aromatic rings. The summed E-state index contributed by atoms with van der Waals surface area (Å²) in [6.45, 7) is 2.51. The van der Waals surface area contributed by atoms with Crippen molar-refractivity contribution in [3.63, 3.8) is 0 Å². The van der Waals surface area contributed by atoms with Crippen LogP contribution in [0.15, 0.2) is 23.1 Å². The summed E-state index contributed by atoms with van der Waals surface area (Å²) in [5, 5.41) is 8.08. The first-order valence-electron chi connectivity index (χ1n) is 7.00. The van der Waals surface area contributed by atoms with Crippen molar-refractivity contribution in [1.29, 1.82) is 0 Å². The van der Waals surface area contributed by atoms with Crippen LogP contribution in [0.25, 0.3) is 0 Å². The lowest BCUT2D eigenvalue weighted by molar-refractivity contribution is -0.122. The van der Waals surface area contributed by atoms with Crippen molar-refractivity contribution in [2.45, 2.75) is 43.5 Å². The molecule has 1 unspecified atom stereocenters. The van der Waals surface area contributed by atoms with Crippen LogP contribution in [-0.2, 0) is 14.8 Å². The van der Waals surface area contributed by atoms with E-state index in [1.165, 1.54) is 12.1 Å².